The van der Waals surface area contributed by atoms with Crippen LogP contribution in [0.5, 0.6) is 0 Å². The van der Waals surface area contributed by atoms with Gasteiger partial charge in [-0.15, -0.1) is 0 Å². The van der Waals surface area contributed by atoms with E-state index in [4.69, 9.17) is 5.11 Å². The zero-order chi connectivity index (χ0) is 12.3. The van der Waals surface area contributed by atoms with E-state index in [1.165, 1.54) is 0 Å². The highest BCUT2D eigenvalue weighted by Gasteiger charge is 2.22. The van der Waals surface area contributed by atoms with Crippen molar-refractivity contribution in [1.29, 1.82) is 0 Å². The molecule has 2 N–H and O–H groups in total. The molecule has 0 atom stereocenters. The molecular formula is C11H17BrN4O. The highest BCUT2D eigenvalue weighted by molar-refractivity contribution is 9.10. The second-order valence-electron chi connectivity index (χ2n) is 4.22. The van der Waals surface area contributed by atoms with Crippen LogP contribution in [-0.2, 0) is 0 Å². The van der Waals surface area contributed by atoms with Gasteiger partial charge in [-0.1, -0.05) is 0 Å². The van der Waals surface area contributed by atoms with Crippen molar-refractivity contribution < 1.29 is 5.11 Å². The van der Waals surface area contributed by atoms with Crippen molar-refractivity contribution in [2.45, 2.75) is 12.8 Å². The summed E-state index contributed by atoms with van der Waals surface area (Å²) in [4.78, 5) is 10.7. The van der Waals surface area contributed by atoms with Gasteiger partial charge in [-0.05, 0) is 34.7 Å². The number of aromatic nitrogens is 2. The Morgan fingerprint density at radius 2 is 2.18 bits per heavy atom. The molecule has 6 heteroatoms. The molecule has 94 valence electrons. The third-order valence-electron chi connectivity index (χ3n) is 3.18. The Kier molecular flexibility index (Phi) is 4.17. The first-order valence-electron chi connectivity index (χ1n) is 5.80. The summed E-state index contributed by atoms with van der Waals surface area (Å²) in [5.41, 5.74) is 0. The quantitative estimate of drug-likeness (QED) is 0.886. The molecule has 1 aromatic heterocycles. The van der Waals surface area contributed by atoms with Gasteiger partial charge >= 0.3 is 0 Å². The van der Waals surface area contributed by atoms with E-state index in [2.05, 4.69) is 36.1 Å². The molecule has 1 aliphatic rings. The van der Waals surface area contributed by atoms with Crippen molar-refractivity contribution in [1.82, 2.24) is 9.97 Å². The number of halogens is 1. The number of hydrogen-bond acceptors (Lipinski definition) is 5. The Hall–Kier alpha value is -0.880. The van der Waals surface area contributed by atoms with E-state index in [1.54, 1.807) is 6.33 Å². The zero-order valence-corrected chi connectivity index (χ0v) is 11.4. The predicted molar refractivity (Wildman–Crippen MR) is 71.3 cm³/mol. The SMILES string of the molecule is CNc1ncnc(N2CCC(CO)CC2)c1Br. The highest BCUT2D eigenvalue weighted by Crippen LogP contribution is 2.31. The molecule has 0 radical (unpaired) electrons. The lowest BCUT2D eigenvalue weighted by Gasteiger charge is -2.32. The molecule has 1 saturated heterocycles. The molecule has 5 nitrogen and oxygen atoms in total. The first-order valence-corrected chi connectivity index (χ1v) is 6.59. The van der Waals surface area contributed by atoms with Gasteiger partial charge in [0.1, 0.15) is 22.4 Å². The van der Waals surface area contributed by atoms with Gasteiger partial charge in [-0.2, -0.15) is 0 Å². The number of nitrogens with zero attached hydrogens (tertiary/aromatic N) is 3. The van der Waals surface area contributed by atoms with Crippen LogP contribution in [0.15, 0.2) is 10.8 Å². The fourth-order valence-electron chi connectivity index (χ4n) is 2.08. The molecule has 0 spiro atoms. The lowest BCUT2D eigenvalue weighted by Crippen LogP contribution is -2.35. The van der Waals surface area contributed by atoms with E-state index >= 15 is 0 Å². The van der Waals surface area contributed by atoms with Crippen LogP contribution in [0.1, 0.15) is 12.8 Å². The fourth-order valence-corrected chi connectivity index (χ4v) is 2.74. The smallest absolute Gasteiger partial charge is 0.148 e. The maximum Gasteiger partial charge on any atom is 0.148 e. The average molecular weight is 301 g/mol. The van der Waals surface area contributed by atoms with Crippen molar-refractivity contribution >= 4 is 27.6 Å². The summed E-state index contributed by atoms with van der Waals surface area (Å²) in [5, 5.41) is 12.2. The topological polar surface area (TPSA) is 61.3 Å². The molecular weight excluding hydrogens is 284 g/mol. The second kappa shape index (κ2) is 5.64. The Balaban J connectivity index is 2.13. The van der Waals surface area contributed by atoms with Crippen LogP contribution < -0.4 is 10.2 Å². The first-order chi connectivity index (χ1) is 8.26. The molecule has 2 heterocycles. The van der Waals surface area contributed by atoms with Gasteiger partial charge in [0.2, 0.25) is 0 Å². The summed E-state index contributed by atoms with van der Waals surface area (Å²) >= 11 is 3.53. The Labute approximate surface area is 109 Å². The van der Waals surface area contributed by atoms with E-state index in [1.807, 2.05) is 7.05 Å². The van der Waals surface area contributed by atoms with Crippen LogP contribution in [0, 0.1) is 5.92 Å². The lowest BCUT2D eigenvalue weighted by atomic mass is 9.98. The van der Waals surface area contributed by atoms with Crippen LogP contribution in [-0.4, -0.2) is 41.8 Å². The van der Waals surface area contributed by atoms with E-state index in [9.17, 15) is 0 Å². The van der Waals surface area contributed by atoms with Crippen molar-refractivity contribution in [3.05, 3.63) is 10.8 Å². The summed E-state index contributed by atoms with van der Waals surface area (Å²) in [6.07, 6.45) is 3.60. The number of rotatable bonds is 3. The summed E-state index contributed by atoms with van der Waals surface area (Å²) in [7, 11) is 1.84. The third-order valence-corrected chi connectivity index (χ3v) is 3.91. The number of piperidine rings is 1. The van der Waals surface area contributed by atoms with Crippen LogP contribution in [0.4, 0.5) is 11.6 Å². The van der Waals surface area contributed by atoms with Crippen molar-refractivity contribution in [3.63, 3.8) is 0 Å². The van der Waals surface area contributed by atoms with E-state index in [0.717, 1.165) is 42.0 Å². The molecule has 0 aliphatic carbocycles. The minimum Gasteiger partial charge on any atom is -0.396 e. The van der Waals surface area contributed by atoms with Gasteiger partial charge in [0.05, 0.1) is 0 Å². The Morgan fingerprint density at radius 1 is 1.47 bits per heavy atom. The van der Waals surface area contributed by atoms with Crippen molar-refractivity contribution in [2.75, 3.05) is 37.0 Å². The first kappa shape index (κ1) is 12.6. The van der Waals surface area contributed by atoms with E-state index in [0.29, 0.717) is 12.5 Å². The third kappa shape index (κ3) is 2.69. The molecule has 17 heavy (non-hydrogen) atoms. The molecule has 0 amide bonds. The number of hydrogen-bond donors (Lipinski definition) is 2. The minimum atomic E-state index is 0.292. The lowest BCUT2D eigenvalue weighted by molar-refractivity contribution is 0.202. The van der Waals surface area contributed by atoms with Gasteiger partial charge in [0.25, 0.3) is 0 Å². The van der Waals surface area contributed by atoms with Gasteiger partial charge in [-0.3, -0.25) is 0 Å². The van der Waals surface area contributed by atoms with Gasteiger partial charge < -0.3 is 15.3 Å². The molecule has 1 aliphatic heterocycles. The summed E-state index contributed by atoms with van der Waals surface area (Å²) in [6.45, 7) is 2.16. The molecule has 2 rings (SSSR count). The molecule has 0 bridgehead atoms. The van der Waals surface area contributed by atoms with Gasteiger partial charge in [0, 0.05) is 26.7 Å². The summed E-state index contributed by atoms with van der Waals surface area (Å²) in [5.74, 6) is 2.18. The largest absolute Gasteiger partial charge is 0.396 e. The molecule has 0 unspecified atom stereocenters. The van der Waals surface area contributed by atoms with Gasteiger partial charge in [-0.25, -0.2) is 9.97 Å². The molecule has 1 fully saturated rings. The number of aliphatic hydroxyl groups excluding tert-OH is 1. The highest BCUT2D eigenvalue weighted by atomic mass is 79.9. The number of aliphatic hydroxyl groups is 1. The Morgan fingerprint density at radius 3 is 2.76 bits per heavy atom. The van der Waals surface area contributed by atoms with Crippen LogP contribution in [0.3, 0.4) is 0 Å². The molecule has 1 aromatic rings. The summed E-state index contributed by atoms with van der Waals surface area (Å²) in [6, 6.07) is 0. The Bertz CT molecular complexity index is 380. The molecule has 0 aromatic carbocycles. The summed E-state index contributed by atoms with van der Waals surface area (Å²) < 4.78 is 0.907. The van der Waals surface area contributed by atoms with E-state index < -0.39 is 0 Å². The standard InChI is InChI=1S/C11H17BrN4O/c1-13-10-9(12)11(15-7-14-10)16-4-2-8(6-17)3-5-16/h7-8,17H,2-6H2,1H3,(H,13,14,15). The average Bonchev–Trinajstić information content (AvgIpc) is 2.39. The van der Waals surface area contributed by atoms with Gasteiger partial charge in [0.15, 0.2) is 0 Å². The fraction of sp³-hybridized carbons (Fsp3) is 0.636. The maximum atomic E-state index is 9.12. The zero-order valence-electron chi connectivity index (χ0n) is 9.86. The minimum absolute atomic E-state index is 0.292. The predicted octanol–water partition coefficient (Wildman–Crippen LogP) is 1.49. The normalized spacial score (nSPS) is 17.2. The van der Waals surface area contributed by atoms with E-state index in [-0.39, 0.29) is 0 Å². The number of anilines is 2. The maximum absolute atomic E-state index is 9.12. The number of nitrogens with one attached hydrogen (secondary N) is 1. The van der Waals surface area contributed by atoms with Crippen LogP contribution in [0.25, 0.3) is 0 Å². The van der Waals surface area contributed by atoms with Crippen molar-refractivity contribution in [3.8, 4) is 0 Å². The van der Waals surface area contributed by atoms with Crippen LogP contribution >= 0.6 is 15.9 Å². The second-order valence-corrected chi connectivity index (χ2v) is 5.02. The molecule has 0 saturated carbocycles. The van der Waals surface area contributed by atoms with Crippen molar-refractivity contribution in [2.24, 2.45) is 5.92 Å². The van der Waals surface area contributed by atoms with Crippen LogP contribution in [0.2, 0.25) is 0 Å². The monoisotopic (exact) mass is 300 g/mol.